The number of methoxy groups -OCH3 is 1. The highest BCUT2D eigenvalue weighted by atomic mass is 19.4. The van der Waals surface area contributed by atoms with Gasteiger partial charge in [0.25, 0.3) is 0 Å². The minimum Gasteiger partial charge on any atom is -0.469 e. The summed E-state index contributed by atoms with van der Waals surface area (Å²) in [7, 11) is 1.35. The van der Waals surface area contributed by atoms with Crippen LogP contribution in [0.5, 0.6) is 0 Å². The van der Waals surface area contributed by atoms with Crippen LogP contribution < -0.4 is 10.6 Å². The highest BCUT2D eigenvalue weighted by molar-refractivity contribution is 5.79. The van der Waals surface area contributed by atoms with E-state index in [1.807, 2.05) is 6.92 Å². The number of carbonyl (C=O) groups is 1. The van der Waals surface area contributed by atoms with E-state index in [-0.39, 0.29) is 12.5 Å². The fourth-order valence-electron chi connectivity index (χ4n) is 2.06. The van der Waals surface area contributed by atoms with Gasteiger partial charge in [-0.3, -0.25) is 4.79 Å². The van der Waals surface area contributed by atoms with Gasteiger partial charge in [0.2, 0.25) is 0 Å². The summed E-state index contributed by atoms with van der Waals surface area (Å²) in [6, 6.07) is 5.13. The van der Waals surface area contributed by atoms with Gasteiger partial charge in [0, 0.05) is 19.5 Å². The maximum atomic E-state index is 12.7. The molecule has 0 aromatic heterocycles. The lowest BCUT2D eigenvalue weighted by atomic mass is 10.1. The van der Waals surface area contributed by atoms with Crippen LogP contribution in [-0.4, -0.2) is 32.1 Å². The predicted molar refractivity (Wildman–Crippen MR) is 90.1 cm³/mol. The number of nitrogens with one attached hydrogen (secondary N) is 2. The van der Waals surface area contributed by atoms with Crippen LogP contribution in [0.25, 0.3) is 0 Å². The molecule has 0 amide bonds. The van der Waals surface area contributed by atoms with Crippen molar-refractivity contribution < 1.29 is 22.7 Å². The van der Waals surface area contributed by atoms with Crippen LogP contribution >= 0.6 is 0 Å². The molecule has 5 nitrogen and oxygen atoms in total. The van der Waals surface area contributed by atoms with Crippen LogP contribution in [0.15, 0.2) is 29.3 Å². The number of rotatable bonds is 8. The molecule has 0 spiro atoms. The minimum atomic E-state index is -4.36. The summed E-state index contributed by atoms with van der Waals surface area (Å²) in [5.41, 5.74) is -0.196. The van der Waals surface area contributed by atoms with Crippen LogP contribution in [0.1, 0.15) is 37.3 Å². The van der Waals surface area contributed by atoms with Gasteiger partial charge in [0.05, 0.1) is 19.2 Å². The van der Waals surface area contributed by atoms with E-state index in [9.17, 15) is 18.0 Å². The summed E-state index contributed by atoms with van der Waals surface area (Å²) in [6.07, 6.45) is -2.56. The Hall–Kier alpha value is -2.25. The van der Waals surface area contributed by atoms with Gasteiger partial charge in [-0.25, -0.2) is 4.99 Å². The molecule has 8 heteroatoms. The number of nitrogens with zero attached hydrogens (tertiary/aromatic N) is 1. The lowest BCUT2D eigenvalue weighted by Crippen LogP contribution is -2.37. The largest absolute Gasteiger partial charge is 0.469 e. The van der Waals surface area contributed by atoms with E-state index < -0.39 is 11.7 Å². The van der Waals surface area contributed by atoms with Crippen molar-refractivity contribution in [2.75, 3.05) is 20.2 Å². The average molecular weight is 359 g/mol. The summed E-state index contributed by atoms with van der Waals surface area (Å²) in [5, 5.41) is 6.13. The second kappa shape index (κ2) is 10.6. The monoisotopic (exact) mass is 359 g/mol. The van der Waals surface area contributed by atoms with E-state index in [0.29, 0.717) is 37.5 Å². The molecule has 0 heterocycles. The first-order valence-corrected chi connectivity index (χ1v) is 8.12. The summed E-state index contributed by atoms with van der Waals surface area (Å²) >= 11 is 0. The van der Waals surface area contributed by atoms with E-state index in [1.165, 1.54) is 13.2 Å². The lowest BCUT2D eigenvalue weighted by molar-refractivity contribution is -0.140. The number of aliphatic imine (C=N–C) groups is 1. The molecule has 1 aromatic carbocycles. The van der Waals surface area contributed by atoms with Gasteiger partial charge >= 0.3 is 12.1 Å². The van der Waals surface area contributed by atoms with Crippen LogP contribution in [0.4, 0.5) is 13.2 Å². The number of carbonyl (C=O) groups excluding carboxylic acids is 1. The first-order valence-electron chi connectivity index (χ1n) is 8.12. The van der Waals surface area contributed by atoms with Gasteiger partial charge in [-0.05, 0) is 37.5 Å². The lowest BCUT2D eigenvalue weighted by Gasteiger charge is -2.12. The molecule has 0 unspecified atom stereocenters. The number of halogens is 3. The second-order valence-electron chi connectivity index (χ2n) is 5.35. The molecule has 0 aliphatic rings. The average Bonchev–Trinajstić information content (AvgIpc) is 2.58. The van der Waals surface area contributed by atoms with Gasteiger partial charge in [0.15, 0.2) is 5.96 Å². The smallest absolute Gasteiger partial charge is 0.416 e. The molecule has 0 saturated carbocycles. The standard InChI is InChI=1S/C17H24F3N3O2/c1-3-21-16(22-10-5-4-9-15(24)25-2)23-12-13-7-6-8-14(11-13)17(18,19)20/h6-8,11H,3-5,9-10,12H2,1-2H3,(H2,21,22,23). The molecule has 0 aliphatic carbocycles. The SMILES string of the molecule is CCNC(=NCc1cccc(C(F)(F)F)c1)NCCCCC(=O)OC. The van der Waals surface area contributed by atoms with Crippen molar-refractivity contribution >= 4 is 11.9 Å². The first kappa shape index (κ1) is 20.8. The molecule has 0 aliphatic heterocycles. The molecule has 0 radical (unpaired) electrons. The van der Waals surface area contributed by atoms with Gasteiger partial charge in [-0.15, -0.1) is 0 Å². The molecule has 1 aromatic rings. The minimum absolute atomic E-state index is 0.140. The normalized spacial score (nSPS) is 12.0. The summed E-state index contributed by atoms with van der Waals surface area (Å²) < 4.78 is 42.7. The Bertz CT molecular complexity index is 575. The van der Waals surface area contributed by atoms with Crippen molar-refractivity contribution in [3.05, 3.63) is 35.4 Å². The maximum Gasteiger partial charge on any atom is 0.416 e. The van der Waals surface area contributed by atoms with E-state index in [4.69, 9.17) is 0 Å². The van der Waals surface area contributed by atoms with Gasteiger partial charge in [-0.2, -0.15) is 13.2 Å². The fourth-order valence-corrected chi connectivity index (χ4v) is 2.06. The molecular formula is C17H24F3N3O2. The van der Waals surface area contributed by atoms with E-state index in [1.54, 1.807) is 6.07 Å². The molecule has 140 valence electrons. The quantitative estimate of drug-likeness (QED) is 0.324. The number of alkyl halides is 3. The zero-order chi connectivity index (χ0) is 18.7. The molecule has 0 fully saturated rings. The third-order valence-electron chi connectivity index (χ3n) is 3.35. The maximum absolute atomic E-state index is 12.7. The summed E-state index contributed by atoms with van der Waals surface area (Å²) in [4.78, 5) is 15.3. The third-order valence-corrected chi connectivity index (χ3v) is 3.35. The number of hydrogen-bond acceptors (Lipinski definition) is 3. The second-order valence-corrected chi connectivity index (χ2v) is 5.35. The Kier molecular flexibility index (Phi) is 8.80. The molecular weight excluding hydrogens is 335 g/mol. The molecule has 1 rings (SSSR count). The summed E-state index contributed by atoms with van der Waals surface area (Å²) in [6.45, 7) is 3.28. The highest BCUT2D eigenvalue weighted by Crippen LogP contribution is 2.29. The number of hydrogen-bond donors (Lipinski definition) is 2. The van der Waals surface area contributed by atoms with Gasteiger partial charge < -0.3 is 15.4 Å². The van der Waals surface area contributed by atoms with E-state index in [0.717, 1.165) is 18.6 Å². The zero-order valence-electron chi connectivity index (χ0n) is 14.4. The molecule has 0 saturated heterocycles. The molecule has 0 bridgehead atoms. The Labute approximate surface area is 145 Å². The number of guanidine groups is 1. The highest BCUT2D eigenvalue weighted by Gasteiger charge is 2.30. The third kappa shape index (κ3) is 8.42. The van der Waals surface area contributed by atoms with E-state index in [2.05, 4.69) is 20.4 Å². The number of benzene rings is 1. The Morgan fingerprint density at radius 3 is 2.64 bits per heavy atom. The number of ether oxygens (including phenoxy) is 1. The Balaban J connectivity index is 2.54. The van der Waals surface area contributed by atoms with Crippen molar-refractivity contribution in [2.24, 2.45) is 4.99 Å². The van der Waals surface area contributed by atoms with Crippen LogP contribution in [0.2, 0.25) is 0 Å². The zero-order valence-corrected chi connectivity index (χ0v) is 14.4. The molecule has 25 heavy (non-hydrogen) atoms. The van der Waals surface area contributed by atoms with Crippen molar-refractivity contribution in [3.8, 4) is 0 Å². The van der Waals surface area contributed by atoms with Crippen LogP contribution in [0.3, 0.4) is 0 Å². The summed E-state index contributed by atoms with van der Waals surface area (Å²) in [5.74, 6) is 0.281. The van der Waals surface area contributed by atoms with Crippen molar-refractivity contribution in [2.45, 2.75) is 38.9 Å². The topological polar surface area (TPSA) is 62.7 Å². The van der Waals surface area contributed by atoms with Crippen LogP contribution in [-0.2, 0) is 22.3 Å². The van der Waals surface area contributed by atoms with Crippen LogP contribution in [0, 0.1) is 0 Å². The van der Waals surface area contributed by atoms with Crippen molar-refractivity contribution in [1.82, 2.24) is 10.6 Å². The Morgan fingerprint density at radius 2 is 2.00 bits per heavy atom. The van der Waals surface area contributed by atoms with Crippen molar-refractivity contribution in [1.29, 1.82) is 0 Å². The van der Waals surface area contributed by atoms with E-state index >= 15 is 0 Å². The number of esters is 1. The molecule has 2 N–H and O–H groups in total. The number of unbranched alkanes of at least 4 members (excludes halogenated alkanes) is 1. The van der Waals surface area contributed by atoms with Crippen molar-refractivity contribution in [3.63, 3.8) is 0 Å². The first-order chi connectivity index (χ1) is 11.9. The Morgan fingerprint density at radius 1 is 1.24 bits per heavy atom. The van der Waals surface area contributed by atoms with Gasteiger partial charge in [-0.1, -0.05) is 12.1 Å². The van der Waals surface area contributed by atoms with Gasteiger partial charge in [0.1, 0.15) is 0 Å². The predicted octanol–water partition coefficient (Wildman–Crippen LogP) is 3.10. The fraction of sp³-hybridized carbons (Fsp3) is 0.529. The molecule has 0 atom stereocenters.